The highest BCUT2D eigenvalue weighted by Gasteiger charge is 2.49. The number of nitrogens with one attached hydrogen (secondary N) is 2. The Balaban J connectivity index is 1.40. The molecule has 2 aliphatic carbocycles. The molecule has 0 spiro atoms. The number of rotatable bonds is 9. The molecule has 2 aliphatic rings. The van der Waals surface area contributed by atoms with Gasteiger partial charge in [-0.3, -0.25) is 14.4 Å². The molecule has 236 valence electrons. The number of carboxylic acids is 1. The zero-order valence-electron chi connectivity index (χ0n) is 23.5. The zero-order chi connectivity index (χ0) is 32.7. The molecule has 0 aromatic heterocycles. The van der Waals surface area contributed by atoms with Crippen LogP contribution in [0.25, 0.3) is 11.1 Å². The van der Waals surface area contributed by atoms with Gasteiger partial charge in [-0.05, 0) is 53.6 Å². The fourth-order valence-electron chi connectivity index (χ4n) is 5.85. The molecule has 2 amide bonds. The standard InChI is InChI=1S/C31H26F4N2O7S/c1-44-25-15-24(32)22(17-5-2-4-16(10-17)11-26(38)39)14-23(25)29(40)37-28-19-9-8-18(12-19)27(28)30(41)36-20-6-3-7-21(13-20)45(42,43)31(33,34)35/h2-10,13-15,18-19,27-28H,11-12H2,1H3,(H,36,41)(H,37,40)(H,38,39)/t18-,19+,27+,28-/m0/s1. The lowest BCUT2D eigenvalue weighted by molar-refractivity contribution is -0.136. The predicted octanol–water partition coefficient (Wildman–Crippen LogP) is 4.98. The molecule has 3 N–H and O–H groups in total. The van der Waals surface area contributed by atoms with E-state index in [1.54, 1.807) is 18.2 Å². The average Bonchev–Trinajstić information content (AvgIpc) is 3.58. The minimum absolute atomic E-state index is 0.0176. The number of alkyl halides is 3. The van der Waals surface area contributed by atoms with Crippen LogP contribution in [0.3, 0.4) is 0 Å². The lowest BCUT2D eigenvalue weighted by Crippen LogP contribution is -2.47. The van der Waals surface area contributed by atoms with E-state index >= 15 is 4.39 Å². The van der Waals surface area contributed by atoms with E-state index in [0.29, 0.717) is 23.6 Å². The molecule has 0 unspecified atom stereocenters. The van der Waals surface area contributed by atoms with Gasteiger partial charge in [0.15, 0.2) is 0 Å². The number of carbonyl (C=O) groups excluding carboxylic acids is 2. The van der Waals surface area contributed by atoms with Crippen molar-refractivity contribution in [1.82, 2.24) is 5.32 Å². The minimum atomic E-state index is -5.64. The highest BCUT2D eigenvalue weighted by molar-refractivity contribution is 7.92. The molecule has 0 saturated heterocycles. The van der Waals surface area contributed by atoms with E-state index < -0.39 is 55.8 Å². The van der Waals surface area contributed by atoms with Gasteiger partial charge in [0.25, 0.3) is 15.7 Å². The van der Waals surface area contributed by atoms with Crippen LogP contribution < -0.4 is 15.4 Å². The predicted molar refractivity (Wildman–Crippen MR) is 154 cm³/mol. The quantitative estimate of drug-likeness (QED) is 0.220. The maximum absolute atomic E-state index is 15.1. The summed E-state index contributed by atoms with van der Waals surface area (Å²) in [4.78, 5) is 37.2. The van der Waals surface area contributed by atoms with Gasteiger partial charge in [0.05, 0.1) is 29.9 Å². The minimum Gasteiger partial charge on any atom is -0.496 e. The average molecular weight is 647 g/mol. The van der Waals surface area contributed by atoms with Gasteiger partial charge in [0.1, 0.15) is 11.6 Å². The third-order valence-electron chi connectivity index (χ3n) is 7.90. The van der Waals surface area contributed by atoms with Crippen molar-refractivity contribution < 1.29 is 50.2 Å². The van der Waals surface area contributed by atoms with Crippen LogP contribution in [0.5, 0.6) is 5.75 Å². The van der Waals surface area contributed by atoms with Crippen molar-refractivity contribution >= 4 is 33.3 Å². The first-order valence-electron chi connectivity index (χ1n) is 13.6. The number of ether oxygens (including phenoxy) is 1. The van der Waals surface area contributed by atoms with Gasteiger partial charge >= 0.3 is 11.5 Å². The summed E-state index contributed by atoms with van der Waals surface area (Å²) in [6.45, 7) is 0. The maximum Gasteiger partial charge on any atom is 0.501 e. The number of halogens is 4. The van der Waals surface area contributed by atoms with E-state index in [0.717, 1.165) is 18.2 Å². The second kappa shape index (κ2) is 12.0. The molecule has 14 heteroatoms. The second-order valence-corrected chi connectivity index (χ2v) is 12.7. The summed E-state index contributed by atoms with van der Waals surface area (Å²) in [5, 5.41) is 14.4. The highest BCUT2D eigenvalue weighted by Crippen LogP contribution is 2.45. The lowest BCUT2D eigenvalue weighted by Gasteiger charge is -2.28. The molecule has 0 aliphatic heterocycles. The molecule has 0 heterocycles. The number of hydrogen-bond donors (Lipinski definition) is 3. The summed E-state index contributed by atoms with van der Waals surface area (Å²) < 4.78 is 83.3. The number of fused-ring (bicyclic) bond motifs is 2. The van der Waals surface area contributed by atoms with Crippen molar-refractivity contribution in [3.8, 4) is 16.9 Å². The third kappa shape index (κ3) is 6.27. The van der Waals surface area contributed by atoms with Crippen LogP contribution >= 0.6 is 0 Å². The van der Waals surface area contributed by atoms with E-state index in [-0.39, 0.29) is 40.8 Å². The van der Waals surface area contributed by atoms with Crippen LogP contribution in [0, 0.1) is 23.6 Å². The van der Waals surface area contributed by atoms with Crippen LogP contribution in [0.1, 0.15) is 22.3 Å². The van der Waals surface area contributed by atoms with E-state index in [4.69, 9.17) is 9.84 Å². The number of methoxy groups -OCH3 is 1. The zero-order valence-corrected chi connectivity index (χ0v) is 24.3. The highest BCUT2D eigenvalue weighted by atomic mass is 32.2. The summed E-state index contributed by atoms with van der Waals surface area (Å²) >= 11 is 0. The lowest BCUT2D eigenvalue weighted by atomic mass is 9.87. The normalized spacial score (nSPS) is 20.6. The summed E-state index contributed by atoms with van der Waals surface area (Å²) in [6, 6.07) is 11.6. The van der Waals surface area contributed by atoms with E-state index in [1.807, 2.05) is 12.2 Å². The van der Waals surface area contributed by atoms with Crippen molar-refractivity contribution in [3.05, 3.63) is 89.8 Å². The molecule has 1 saturated carbocycles. The SMILES string of the molecule is COc1cc(F)c(-c2cccc(CC(=O)O)c2)cc1C(=O)N[C@@H]1[C@H](C(=O)Nc2cccc(S(=O)(=O)C(F)(F)F)c2)[C@H]2C=C[C@@H]1C2. The Labute approximate surface area is 254 Å². The van der Waals surface area contributed by atoms with Gasteiger partial charge < -0.3 is 20.5 Å². The number of carbonyl (C=O) groups is 3. The molecule has 9 nitrogen and oxygen atoms in total. The Morgan fingerprint density at radius 1 is 1.00 bits per heavy atom. The molecule has 5 rings (SSSR count). The van der Waals surface area contributed by atoms with Crippen LogP contribution in [-0.4, -0.2) is 50.0 Å². The van der Waals surface area contributed by atoms with Crippen LogP contribution in [0.15, 0.2) is 77.7 Å². The molecular weight excluding hydrogens is 620 g/mol. The summed E-state index contributed by atoms with van der Waals surface area (Å²) in [7, 11) is -4.39. The number of amides is 2. The van der Waals surface area contributed by atoms with Gasteiger partial charge in [-0.25, -0.2) is 12.8 Å². The molecule has 2 bridgehead atoms. The first kappa shape index (κ1) is 31.7. The van der Waals surface area contributed by atoms with Crippen LogP contribution in [0.4, 0.5) is 23.2 Å². The molecule has 1 fully saturated rings. The summed E-state index contributed by atoms with van der Waals surface area (Å²) in [6.07, 6.45) is 3.87. The number of aliphatic carboxylic acids is 1. The van der Waals surface area contributed by atoms with Crippen LogP contribution in [-0.2, 0) is 25.8 Å². The second-order valence-electron chi connectivity index (χ2n) is 10.7. The number of carboxylic acid groups (broad SMARTS) is 1. The molecule has 0 radical (unpaired) electrons. The molecule has 45 heavy (non-hydrogen) atoms. The number of hydrogen-bond acceptors (Lipinski definition) is 6. The first-order valence-corrected chi connectivity index (χ1v) is 15.1. The summed E-state index contributed by atoms with van der Waals surface area (Å²) in [5.41, 5.74) is -4.97. The van der Waals surface area contributed by atoms with Gasteiger partial charge in [0, 0.05) is 23.4 Å². The van der Waals surface area contributed by atoms with Crippen molar-refractivity contribution in [1.29, 1.82) is 0 Å². The number of benzene rings is 3. The Bertz CT molecular complexity index is 1820. The van der Waals surface area contributed by atoms with Gasteiger partial charge in [-0.15, -0.1) is 0 Å². The summed E-state index contributed by atoms with van der Waals surface area (Å²) in [5.74, 6) is -4.62. The number of sulfone groups is 1. The van der Waals surface area contributed by atoms with E-state index in [2.05, 4.69) is 10.6 Å². The van der Waals surface area contributed by atoms with Crippen molar-refractivity contribution in [2.75, 3.05) is 12.4 Å². The Kier molecular flexibility index (Phi) is 8.45. The molecule has 4 atom stereocenters. The topological polar surface area (TPSA) is 139 Å². The van der Waals surface area contributed by atoms with E-state index in [9.17, 15) is 36.0 Å². The number of allylic oxidation sites excluding steroid dienone is 1. The Morgan fingerprint density at radius 3 is 2.40 bits per heavy atom. The fourth-order valence-corrected chi connectivity index (χ4v) is 6.66. The number of anilines is 1. The first-order chi connectivity index (χ1) is 21.2. The monoisotopic (exact) mass is 646 g/mol. The van der Waals surface area contributed by atoms with Crippen molar-refractivity contribution in [2.45, 2.75) is 29.3 Å². The van der Waals surface area contributed by atoms with Crippen LogP contribution in [0.2, 0.25) is 0 Å². The molecule has 3 aromatic rings. The van der Waals surface area contributed by atoms with Crippen molar-refractivity contribution in [2.24, 2.45) is 17.8 Å². The van der Waals surface area contributed by atoms with Gasteiger partial charge in [0.2, 0.25) is 5.91 Å². The smallest absolute Gasteiger partial charge is 0.496 e. The van der Waals surface area contributed by atoms with Crippen molar-refractivity contribution in [3.63, 3.8) is 0 Å². The molecule has 3 aromatic carbocycles. The van der Waals surface area contributed by atoms with Gasteiger partial charge in [-0.2, -0.15) is 13.2 Å². The Hall–Kier alpha value is -4.72. The largest absolute Gasteiger partial charge is 0.501 e. The third-order valence-corrected chi connectivity index (χ3v) is 9.39. The molecular formula is C31H26F4N2O7S. The maximum atomic E-state index is 15.1. The van der Waals surface area contributed by atoms with Gasteiger partial charge in [-0.1, -0.05) is 42.5 Å². The fraction of sp³-hybridized carbons (Fsp3) is 0.258. The van der Waals surface area contributed by atoms with E-state index in [1.165, 1.54) is 25.3 Å². The Morgan fingerprint density at radius 2 is 1.71 bits per heavy atom.